The van der Waals surface area contributed by atoms with Crippen molar-refractivity contribution in [3.8, 4) is 17.9 Å². The molecular weight excluding hydrogens is 191 g/mol. The number of nitrogens with zero attached hydrogens (tertiary/aromatic N) is 1. The molecule has 1 aromatic rings. The lowest BCUT2D eigenvalue weighted by molar-refractivity contribution is 0.627. The fourth-order valence-electron chi connectivity index (χ4n) is 1.08. The van der Waals surface area contributed by atoms with Gasteiger partial charge in [-0.3, -0.25) is 0 Å². The van der Waals surface area contributed by atoms with E-state index in [1.165, 1.54) is 12.1 Å². The van der Waals surface area contributed by atoms with Crippen molar-refractivity contribution in [3.63, 3.8) is 0 Å². The van der Waals surface area contributed by atoms with Gasteiger partial charge in [0.15, 0.2) is 0 Å². The van der Waals surface area contributed by atoms with Crippen LogP contribution in [0, 0.1) is 29.0 Å². The Labute approximate surface area is 88.7 Å². The molecule has 0 heterocycles. The predicted molar refractivity (Wildman–Crippen MR) is 56.5 cm³/mol. The van der Waals surface area contributed by atoms with E-state index in [0.29, 0.717) is 17.5 Å². The summed E-state index contributed by atoms with van der Waals surface area (Å²) in [6.45, 7) is 0.799. The molecule has 0 unspecified atom stereocenters. The Morgan fingerprint density at radius 1 is 1.33 bits per heavy atom. The Balaban J connectivity index is 2.80. The minimum Gasteiger partial charge on any atom is -0.319 e. The first-order chi connectivity index (χ1) is 7.26. The third-order valence-corrected chi connectivity index (χ3v) is 1.76. The summed E-state index contributed by atoms with van der Waals surface area (Å²) in [7, 11) is 1.84. The van der Waals surface area contributed by atoms with Crippen LogP contribution in [0.3, 0.4) is 0 Å². The first kappa shape index (κ1) is 11.2. The molecule has 0 saturated heterocycles. The summed E-state index contributed by atoms with van der Waals surface area (Å²) < 4.78 is 13.0. The molecule has 0 aliphatic carbocycles. The normalized spacial score (nSPS) is 8.87. The molecule has 3 heteroatoms. The van der Waals surface area contributed by atoms with E-state index < -0.39 is 5.82 Å². The maximum Gasteiger partial charge on any atom is 0.125 e. The van der Waals surface area contributed by atoms with Crippen molar-refractivity contribution < 1.29 is 4.39 Å². The SMILES string of the molecule is CNCCC#Cc1cc(F)cc(C#N)c1. The number of hydrogen-bond acceptors (Lipinski definition) is 2. The van der Waals surface area contributed by atoms with Crippen LogP contribution in [-0.4, -0.2) is 13.6 Å². The Hall–Kier alpha value is -1.84. The minimum absolute atomic E-state index is 0.299. The van der Waals surface area contributed by atoms with Crippen LogP contribution in [0.25, 0.3) is 0 Å². The van der Waals surface area contributed by atoms with Crippen LogP contribution in [-0.2, 0) is 0 Å². The van der Waals surface area contributed by atoms with E-state index in [-0.39, 0.29) is 0 Å². The molecule has 0 aliphatic heterocycles. The van der Waals surface area contributed by atoms with Crippen LogP contribution in [0.15, 0.2) is 18.2 Å². The zero-order chi connectivity index (χ0) is 11.1. The number of hydrogen-bond donors (Lipinski definition) is 1. The van der Waals surface area contributed by atoms with Gasteiger partial charge < -0.3 is 5.32 Å². The van der Waals surface area contributed by atoms with E-state index >= 15 is 0 Å². The fraction of sp³-hybridized carbons (Fsp3) is 0.250. The summed E-state index contributed by atoms with van der Waals surface area (Å²) in [6.07, 6.45) is 0.703. The third kappa shape index (κ3) is 3.81. The van der Waals surface area contributed by atoms with E-state index in [4.69, 9.17) is 5.26 Å². The van der Waals surface area contributed by atoms with Crippen molar-refractivity contribution >= 4 is 0 Å². The molecule has 0 atom stereocenters. The first-order valence-corrected chi connectivity index (χ1v) is 4.60. The van der Waals surface area contributed by atoms with Gasteiger partial charge in [-0.15, -0.1) is 0 Å². The van der Waals surface area contributed by atoms with Crippen molar-refractivity contribution in [3.05, 3.63) is 35.1 Å². The Morgan fingerprint density at radius 2 is 2.07 bits per heavy atom. The van der Waals surface area contributed by atoms with Crippen molar-refractivity contribution in [1.82, 2.24) is 5.32 Å². The molecule has 2 nitrogen and oxygen atoms in total. The van der Waals surface area contributed by atoms with Gasteiger partial charge in [-0.1, -0.05) is 11.8 Å². The number of rotatable bonds is 2. The number of halogens is 1. The van der Waals surface area contributed by atoms with Crippen LogP contribution in [0.5, 0.6) is 0 Å². The lowest BCUT2D eigenvalue weighted by atomic mass is 10.1. The molecule has 0 aromatic heterocycles. The fourth-order valence-corrected chi connectivity index (χ4v) is 1.08. The Bertz CT molecular complexity index is 435. The zero-order valence-electron chi connectivity index (χ0n) is 8.47. The monoisotopic (exact) mass is 202 g/mol. The summed E-state index contributed by atoms with van der Waals surface area (Å²) in [5.41, 5.74) is 0.843. The second-order valence-corrected chi connectivity index (χ2v) is 3.00. The molecule has 0 fully saturated rings. The summed E-state index contributed by atoms with van der Waals surface area (Å²) in [5, 5.41) is 11.6. The lowest BCUT2D eigenvalue weighted by Gasteiger charge is -1.93. The van der Waals surface area contributed by atoms with Gasteiger partial charge in [0.05, 0.1) is 11.6 Å². The highest BCUT2D eigenvalue weighted by molar-refractivity contribution is 5.42. The van der Waals surface area contributed by atoms with Gasteiger partial charge in [0, 0.05) is 18.5 Å². The summed E-state index contributed by atoms with van der Waals surface area (Å²) in [6, 6.07) is 5.99. The molecule has 0 spiro atoms. The predicted octanol–water partition coefficient (Wildman–Crippen LogP) is 1.66. The number of nitriles is 1. The molecule has 0 bridgehead atoms. The molecule has 1 rings (SSSR count). The minimum atomic E-state index is -0.424. The van der Waals surface area contributed by atoms with Gasteiger partial charge in [0.1, 0.15) is 5.82 Å². The average molecular weight is 202 g/mol. The van der Waals surface area contributed by atoms with Crippen molar-refractivity contribution in [2.24, 2.45) is 0 Å². The highest BCUT2D eigenvalue weighted by atomic mass is 19.1. The van der Waals surface area contributed by atoms with Crippen LogP contribution in [0.1, 0.15) is 17.5 Å². The summed E-state index contributed by atoms with van der Waals surface area (Å²) in [5.74, 6) is 5.28. The molecule has 0 aliphatic rings. The van der Waals surface area contributed by atoms with Gasteiger partial charge in [0.2, 0.25) is 0 Å². The van der Waals surface area contributed by atoms with E-state index in [2.05, 4.69) is 17.2 Å². The zero-order valence-corrected chi connectivity index (χ0v) is 8.47. The van der Waals surface area contributed by atoms with Crippen molar-refractivity contribution in [2.75, 3.05) is 13.6 Å². The largest absolute Gasteiger partial charge is 0.319 e. The Kier molecular flexibility index (Phi) is 4.34. The summed E-state index contributed by atoms with van der Waals surface area (Å²) in [4.78, 5) is 0. The smallest absolute Gasteiger partial charge is 0.125 e. The maximum absolute atomic E-state index is 13.0. The standard InChI is InChI=1S/C12H11FN2/c1-15-5-3-2-4-10-6-11(9-14)8-12(13)7-10/h6-8,15H,3,5H2,1H3. The van der Waals surface area contributed by atoms with E-state index in [1.54, 1.807) is 6.07 Å². The summed E-state index contributed by atoms with van der Waals surface area (Å²) >= 11 is 0. The van der Waals surface area contributed by atoms with Crippen LogP contribution in [0.2, 0.25) is 0 Å². The highest BCUT2D eigenvalue weighted by Gasteiger charge is 1.97. The van der Waals surface area contributed by atoms with Crippen LogP contribution >= 0.6 is 0 Å². The molecule has 1 N–H and O–H groups in total. The second-order valence-electron chi connectivity index (χ2n) is 3.00. The van der Waals surface area contributed by atoms with Gasteiger partial charge in [-0.05, 0) is 25.2 Å². The van der Waals surface area contributed by atoms with E-state index in [1.807, 2.05) is 13.1 Å². The molecule has 1 aromatic carbocycles. The molecule has 76 valence electrons. The molecule has 0 amide bonds. The van der Waals surface area contributed by atoms with Gasteiger partial charge in [-0.2, -0.15) is 5.26 Å². The second kappa shape index (κ2) is 5.80. The van der Waals surface area contributed by atoms with Crippen LogP contribution in [0.4, 0.5) is 4.39 Å². The molecule has 0 radical (unpaired) electrons. The van der Waals surface area contributed by atoms with E-state index in [0.717, 1.165) is 6.54 Å². The van der Waals surface area contributed by atoms with Gasteiger partial charge in [-0.25, -0.2) is 4.39 Å². The lowest BCUT2D eigenvalue weighted by Crippen LogP contribution is -2.05. The average Bonchev–Trinajstić information content (AvgIpc) is 2.23. The van der Waals surface area contributed by atoms with E-state index in [9.17, 15) is 4.39 Å². The van der Waals surface area contributed by atoms with Crippen LogP contribution < -0.4 is 5.32 Å². The first-order valence-electron chi connectivity index (χ1n) is 4.60. The topological polar surface area (TPSA) is 35.8 Å². The Morgan fingerprint density at radius 3 is 2.73 bits per heavy atom. The molecule has 0 saturated carbocycles. The molecule has 15 heavy (non-hydrogen) atoms. The van der Waals surface area contributed by atoms with Gasteiger partial charge >= 0.3 is 0 Å². The van der Waals surface area contributed by atoms with Crippen molar-refractivity contribution in [2.45, 2.75) is 6.42 Å². The van der Waals surface area contributed by atoms with Crippen molar-refractivity contribution in [1.29, 1.82) is 5.26 Å². The highest BCUT2D eigenvalue weighted by Crippen LogP contribution is 2.07. The quantitative estimate of drug-likeness (QED) is 0.584. The maximum atomic E-state index is 13.0. The van der Waals surface area contributed by atoms with Gasteiger partial charge in [0.25, 0.3) is 0 Å². The third-order valence-electron chi connectivity index (χ3n) is 1.76. The molecular formula is C12H11FN2. The number of nitrogens with one attached hydrogen (secondary N) is 1. The number of benzene rings is 1.